The first-order valence-electron chi connectivity index (χ1n) is 6.53. The summed E-state index contributed by atoms with van der Waals surface area (Å²) in [4.78, 5) is 11.9. The molecule has 4 nitrogen and oxygen atoms in total. The number of rotatable bonds is 5. The number of halogens is 2. The predicted molar refractivity (Wildman–Crippen MR) is 68.6 cm³/mol. The van der Waals surface area contributed by atoms with Crippen molar-refractivity contribution in [3.05, 3.63) is 29.8 Å². The Kier molecular flexibility index (Phi) is 4.89. The van der Waals surface area contributed by atoms with E-state index in [0.717, 1.165) is 6.42 Å². The molecule has 1 heterocycles. The van der Waals surface area contributed by atoms with Crippen molar-refractivity contribution in [1.82, 2.24) is 5.32 Å². The van der Waals surface area contributed by atoms with Crippen LogP contribution in [0.15, 0.2) is 24.3 Å². The van der Waals surface area contributed by atoms with Gasteiger partial charge in [0, 0.05) is 6.61 Å². The van der Waals surface area contributed by atoms with Crippen LogP contribution in [0.2, 0.25) is 0 Å². The largest absolute Gasteiger partial charge is 0.435 e. The van der Waals surface area contributed by atoms with Crippen molar-refractivity contribution in [1.29, 1.82) is 0 Å². The van der Waals surface area contributed by atoms with Gasteiger partial charge in [0.15, 0.2) is 0 Å². The zero-order valence-electron chi connectivity index (χ0n) is 11.1. The van der Waals surface area contributed by atoms with Crippen molar-refractivity contribution in [3.8, 4) is 5.75 Å². The van der Waals surface area contributed by atoms with Gasteiger partial charge < -0.3 is 14.8 Å². The average molecular weight is 285 g/mol. The molecule has 0 radical (unpaired) electrons. The molecule has 1 saturated heterocycles. The molecule has 1 aliphatic heterocycles. The molecule has 1 aromatic rings. The van der Waals surface area contributed by atoms with E-state index < -0.39 is 12.7 Å². The van der Waals surface area contributed by atoms with Gasteiger partial charge in [-0.3, -0.25) is 4.79 Å². The van der Waals surface area contributed by atoms with Crippen LogP contribution in [0.3, 0.4) is 0 Å². The SMILES string of the molecule is C[C@H](NC(=O)[C@@H]1CCCO1)c1cccc(OC(F)F)c1. The highest BCUT2D eigenvalue weighted by Gasteiger charge is 2.24. The van der Waals surface area contributed by atoms with Crippen LogP contribution < -0.4 is 10.1 Å². The monoisotopic (exact) mass is 285 g/mol. The Morgan fingerprint density at radius 2 is 2.30 bits per heavy atom. The molecule has 0 bridgehead atoms. The third-order valence-electron chi connectivity index (χ3n) is 3.16. The Hall–Kier alpha value is -1.69. The van der Waals surface area contributed by atoms with Gasteiger partial charge in [-0.05, 0) is 37.5 Å². The van der Waals surface area contributed by atoms with Crippen LogP contribution in [0, 0.1) is 0 Å². The van der Waals surface area contributed by atoms with Gasteiger partial charge in [-0.15, -0.1) is 0 Å². The van der Waals surface area contributed by atoms with Crippen LogP contribution >= 0.6 is 0 Å². The van der Waals surface area contributed by atoms with Gasteiger partial charge in [0.2, 0.25) is 5.91 Å². The number of ether oxygens (including phenoxy) is 2. The number of hydrogen-bond acceptors (Lipinski definition) is 3. The van der Waals surface area contributed by atoms with Crippen LogP contribution in [0.5, 0.6) is 5.75 Å². The average Bonchev–Trinajstić information content (AvgIpc) is 2.92. The van der Waals surface area contributed by atoms with Crippen LogP contribution in [0.25, 0.3) is 0 Å². The van der Waals surface area contributed by atoms with Gasteiger partial charge in [0.25, 0.3) is 0 Å². The van der Waals surface area contributed by atoms with Crippen LogP contribution in [-0.2, 0) is 9.53 Å². The zero-order valence-corrected chi connectivity index (χ0v) is 11.1. The maximum absolute atomic E-state index is 12.2. The number of alkyl halides is 2. The van der Waals surface area contributed by atoms with Crippen molar-refractivity contribution in [2.24, 2.45) is 0 Å². The highest BCUT2D eigenvalue weighted by Crippen LogP contribution is 2.21. The van der Waals surface area contributed by atoms with Crippen molar-refractivity contribution in [2.75, 3.05) is 6.61 Å². The van der Waals surface area contributed by atoms with Crippen molar-refractivity contribution < 1.29 is 23.0 Å². The van der Waals surface area contributed by atoms with E-state index in [1.165, 1.54) is 12.1 Å². The summed E-state index contributed by atoms with van der Waals surface area (Å²) in [7, 11) is 0. The summed E-state index contributed by atoms with van der Waals surface area (Å²) in [6.07, 6.45) is 1.19. The summed E-state index contributed by atoms with van der Waals surface area (Å²) in [5.41, 5.74) is 0.703. The maximum Gasteiger partial charge on any atom is 0.387 e. The molecule has 1 fully saturated rings. The van der Waals surface area contributed by atoms with E-state index in [1.807, 2.05) is 0 Å². The molecule has 6 heteroatoms. The molecule has 1 aliphatic rings. The molecule has 2 rings (SSSR count). The second-order valence-corrected chi connectivity index (χ2v) is 4.68. The van der Waals surface area contributed by atoms with Gasteiger partial charge in [0.1, 0.15) is 11.9 Å². The Morgan fingerprint density at radius 1 is 1.50 bits per heavy atom. The fraction of sp³-hybridized carbons (Fsp3) is 0.500. The van der Waals surface area contributed by atoms with Gasteiger partial charge in [-0.25, -0.2) is 0 Å². The molecule has 1 aromatic carbocycles. The predicted octanol–water partition coefficient (Wildman–Crippen LogP) is 2.64. The van der Waals surface area contributed by atoms with Crippen LogP contribution in [0.1, 0.15) is 31.4 Å². The van der Waals surface area contributed by atoms with E-state index in [0.29, 0.717) is 18.6 Å². The Labute approximate surface area is 116 Å². The first kappa shape index (κ1) is 14.7. The number of nitrogens with one attached hydrogen (secondary N) is 1. The molecular formula is C14H17F2NO3. The molecule has 1 N–H and O–H groups in total. The Morgan fingerprint density at radius 3 is 2.95 bits per heavy atom. The molecule has 0 spiro atoms. The summed E-state index contributed by atoms with van der Waals surface area (Å²) in [6.45, 7) is -0.472. The van der Waals surface area contributed by atoms with Crippen LogP contribution in [0.4, 0.5) is 8.78 Å². The van der Waals surface area contributed by atoms with Crippen molar-refractivity contribution in [2.45, 2.75) is 38.5 Å². The molecular weight excluding hydrogens is 268 g/mol. The third-order valence-corrected chi connectivity index (χ3v) is 3.16. The topological polar surface area (TPSA) is 47.6 Å². The van der Waals surface area contributed by atoms with E-state index in [4.69, 9.17) is 4.74 Å². The maximum atomic E-state index is 12.2. The summed E-state index contributed by atoms with van der Waals surface area (Å²) < 4.78 is 33.9. The normalized spacial score (nSPS) is 19.9. The highest BCUT2D eigenvalue weighted by atomic mass is 19.3. The lowest BCUT2D eigenvalue weighted by molar-refractivity contribution is -0.130. The first-order chi connectivity index (χ1) is 9.56. The molecule has 0 unspecified atom stereocenters. The van der Waals surface area contributed by atoms with Crippen molar-refractivity contribution >= 4 is 5.91 Å². The summed E-state index contributed by atoms with van der Waals surface area (Å²) >= 11 is 0. The quantitative estimate of drug-likeness (QED) is 0.904. The fourth-order valence-electron chi connectivity index (χ4n) is 2.13. The first-order valence-corrected chi connectivity index (χ1v) is 6.53. The van der Waals surface area contributed by atoms with Crippen LogP contribution in [-0.4, -0.2) is 25.2 Å². The molecule has 20 heavy (non-hydrogen) atoms. The summed E-state index contributed by atoms with van der Waals surface area (Å²) in [5.74, 6) is -0.0918. The second kappa shape index (κ2) is 6.65. The minimum absolute atomic E-state index is 0.0794. The minimum atomic E-state index is -2.86. The van der Waals surface area contributed by atoms with Gasteiger partial charge in [-0.1, -0.05) is 12.1 Å². The number of amides is 1. The lowest BCUT2D eigenvalue weighted by Gasteiger charge is -2.17. The molecule has 0 aliphatic carbocycles. The van der Waals surface area contributed by atoms with E-state index >= 15 is 0 Å². The molecule has 0 aromatic heterocycles. The fourth-order valence-corrected chi connectivity index (χ4v) is 2.13. The third kappa shape index (κ3) is 3.90. The number of carbonyl (C=O) groups excluding carboxylic acids is 1. The van der Waals surface area contributed by atoms with Gasteiger partial charge in [-0.2, -0.15) is 8.78 Å². The number of carbonyl (C=O) groups is 1. The standard InChI is InChI=1S/C14H17F2NO3/c1-9(17-13(18)12-6-3-7-19-12)10-4-2-5-11(8-10)20-14(15)16/h2,4-5,8-9,12,14H,3,6-7H2,1H3,(H,17,18)/t9-,12-/m0/s1. The lowest BCUT2D eigenvalue weighted by Crippen LogP contribution is -2.35. The molecule has 110 valence electrons. The van der Waals surface area contributed by atoms with Gasteiger partial charge in [0.05, 0.1) is 6.04 Å². The molecule has 0 saturated carbocycles. The van der Waals surface area contributed by atoms with Gasteiger partial charge >= 0.3 is 6.61 Å². The zero-order chi connectivity index (χ0) is 14.5. The number of benzene rings is 1. The lowest BCUT2D eigenvalue weighted by atomic mass is 10.1. The Bertz CT molecular complexity index is 461. The van der Waals surface area contributed by atoms with E-state index in [1.54, 1.807) is 19.1 Å². The van der Waals surface area contributed by atoms with E-state index in [9.17, 15) is 13.6 Å². The summed E-state index contributed by atoms with van der Waals surface area (Å²) in [5, 5.41) is 2.81. The summed E-state index contributed by atoms with van der Waals surface area (Å²) in [6, 6.07) is 6.00. The minimum Gasteiger partial charge on any atom is -0.435 e. The van der Waals surface area contributed by atoms with E-state index in [2.05, 4.69) is 10.1 Å². The molecule has 1 amide bonds. The smallest absolute Gasteiger partial charge is 0.387 e. The number of hydrogen-bond donors (Lipinski definition) is 1. The van der Waals surface area contributed by atoms with Crippen molar-refractivity contribution in [3.63, 3.8) is 0 Å². The second-order valence-electron chi connectivity index (χ2n) is 4.68. The highest BCUT2D eigenvalue weighted by molar-refractivity contribution is 5.81. The Balaban J connectivity index is 1.97. The van der Waals surface area contributed by atoms with E-state index in [-0.39, 0.29) is 17.7 Å². The molecule has 2 atom stereocenters.